The summed E-state index contributed by atoms with van der Waals surface area (Å²) in [5.41, 5.74) is 8.95. The number of hydrogen-bond donors (Lipinski definition) is 2. The molecular formula is C25H21BrN8O2. The van der Waals surface area contributed by atoms with Crippen molar-refractivity contribution in [3.05, 3.63) is 95.1 Å². The summed E-state index contributed by atoms with van der Waals surface area (Å²) >= 11 is 3.53. The van der Waals surface area contributed by atoms with Gasteiger partial charge in [-0.25, -0.2) is 15.0 Å². The normalized spacial score (nSPS) is 20.1. The third-order valence-corrected chi connectivity index (χ3v) is 6.77. The second-order valence-corrected chi connectivity index (χ2v) is 9.31. The molecule has 1 aliphatic heterocycles. The number of carbonyl (C=O) groups is 1. The molecular weight excluding hydrogens is 524 g/mol. The van der Waals surface area contributed by atoms with E-state index in [1.165, 1.54) is 0 Å². The molecule has 0 saturated carbocycles. The van der Waals surface area contributed by atoms with Crippen LogP contribution in [0.4, 0.5) is 5.88 Å². The number of rotatable bonds is 5. The predicted molar refractivity (Wildman–Crippen MR) is 136 cm³/mol. The number of nitrogens with two attached hydrogens (primary N) is 1. The Morgan fingerprint density at radius 3 is 2.83 bits per heavy atom. The first-order valence-corrected chi connectivity index (χ1v) is 12.1. The summed E-state index contributed by atoms with van der Waals surface area (Å²) in [5, 5.41) is 3.49. The second kappa shape index (κ2) is 8.94. The molecule has 0 spiro atoms. The van der Waals surface area contributed by atoms with Gasteiger partial charge in [0.15, 0.2) is 23.6 Å². The number of hydrogen-bond acceptors (Lipinski definition) is 9. The summed E-state index contributed by atoms with van der Waals surface area (Å²) in [6.45, 7) is 1.11. The van der Waals surface area contributed by atoms with E-state index >= 15 is 0 Å². The summed E-state index contributed by atoms with van der Waals surface area (Å²) in [6.07, 6.45) is 7.81. The van der Waals surface area contributed by atoms with Crippen molar-refractivity contribution in [2.75, 3.05) is 18.0 Å². The van der Waals surface area contributed by atoms with Gasteiger partial charge in [0.25, 0.3) is 0 Å². The number of halogens is 1. The van der Waals surface area contributed by atoms with E-state index < -0.39 is 11.7 Å². The van der Waals surface area contributed by atoms with E-state index in [4.69, 9.17) is 15.1 Å². The summed E-state index contributed by atoms with van der Waals surface area (Å²) < 4.78 is 8.68. The first-order valence-electron chi connectivity index (χ1n) is 11.3. The Hall–Kier alpha value is -3.93. The van der Waals surface area contributed by atoms with Gasteiger partial charge < -0.3 is 20.4 Å². The molecule has 36 heavy (non-hydrogen) atoms. The number of pyridine rings is 2. The summed E-state index contributed by atoms with van der Waals surface area (Å²) in [4.78, 5) is 31.8. The lowest BCUT2D eigenvalue weighted by atomic mass is 9.91. The summed E-state index contributed by atoms with van der Waals surface area (Å²) in [5.74, 6) is 1.19. The van der Waals surface area contributed by atoms with Crippen LogP contribution >= 0.6 is 15.9 Å². The van der Waals surface area contributed by atoms with Crippen molar-refractivity contribution < 1.29 is 9.21 Å². The van der Waals surface area contributed by atoms with Crippen LogP contribution in [0.5, 0.6) is 0 Å². The van der Waals surface area contributed by atoms with Crippen molar-refractivity contribution >= 4 is 33.7 Å². The largest absolute Gasteiger partial charge is 0.438 e. The molecule has 0 aliphatic carbocycles. The molecule has 10 nitrogen and oxygen atoms in total. The van der Waals surface area contributed by atoms with Crippen LogP contribution in [-0.4, -0.2) is 43.7 Å². The Labute approximate surface area is 214 Å². The number of nitrogens with one attached hydrogen (secondary N) is 1. The fraction of sp³-hybridized carbons (Fsp3) is 0.160. The molecule has 3 N–H and O–H groups in total. The Morgan fingerprint density at radius 1 is 1.11 bits per heavy atom. The molecule has 2 atom stereocenters. The first kappa shape index (κ1) is 22.5. The minimum Gasteiger partial charge on any atom is -0.438 e. The average Bonchev–Trinajstić information content (AvgIpc) is 3.56. The Bertz CT molecular complexity index is 1550. The maximum Gasteiger partial charge on any atom is 0.198 e. The lowest BCUT2D eigenvalue weighted by Crippen LogP contribution is -2.66. The van der Waals surface area contributed by atoms with Crippen molar-refractivity contribution in [1.29, 1.82) is 0 Å². The quantitative estimate of drug-likeness (QED) is 0.320. The highest BCUT2D eigenvalue weighted by atomic mass is 79.9. The first-order chi connectivity index (χ1) is 17.6. The smallest absolute Gasteiger partial charge is 0.198 e. The molecule has 5 aromatic rings. The number of anilines is 1. The topological polar surface area (TPSA) is 127 Å². The highest BCUT2D eigenvalue weighted by molar-refractivity contribution is 9.10. The van der Waals surface area contributed by atoms with Gasteiger partial charge >= 0.3 is 0 Å². The number of nitrogens with zero attached hydrogens (tertiary/aromatic N) is 6. The van der Waals surface area contributed by atoms with Crippen LogP contribution < -0.4 is 16.0 Å². The molecule has 0 aromatic carbocycles. The molecule has 5 aromatic heterocycles. The Kier molecular flexibility index (Phi) is 5.59. The molecule has 2 unspecified atom stereocenters. The molecule has 1 saturated heterocycles. The van der Waals surface area contributed by atoms with Crippen molar-refractivity contribution in [3.8, 4) is 11.4 Å². The van der Waals surface area contributed by atoms with Crippen molar-refractivity contribution in [1.82, 2.24) is 29.7 Å². The number of carbonyl (C=O) groups excluding carboxylic acids is 1. The molecule has 0 radical (unpaired) electrons. The van der Waals surface area contributed by atoms with Gasteiger partial charge in [0, 0.05) is 42.2 Å². The van der Waals surface area contributed by atoms with E-state index in [-0.39, 0.29) is 5.76 Å². The minimum absolute atomic E-state index is 0.223. The molecule has 6 heterocycles. The maximum absolute atomic E-state index is 11.3. The van der Waals surface area contributed by atoms with Gasteiger partial charge in [-0.15, -0.1) is 0 Å². The van der Waals surface area contributed by atoms with E-state index in [0.29, 0.717) is 42.5 Å². The number of aromatic nitrogens is 5. The lowest BCUT2D eigenvalue weighted by Gasteiger charge is -2.48. The monoisotopic (exact) mass is 544 g/mol. The van der Waals surface area contributed by atoms with Crippen LogP contribution in [0.25, 0.3) is 17.0 Å². The molecule has 1 fully saturated rings. The van der Waals surface area contributed by atoms with Crippen LogP contribution in [-0.2, 0) is 5.66 Å². The van der Waals surface area contributed by atoms with Crippen molar-refractivity contribution in [2.45, 2.75) is 11.7 Å². The second-order valence-electron chi connectivity index (χ2n) is 8.39. The van der Waals surface area contributed by atoms with Crippen LogP contribution in [0, 0.1) is 0 Å². The van der Waals surface area contributed by atoms with Gasteiger partial charge in [-0.3, -0.25) is 14.2 Å². The summed E-state index contributed by atoms with van der Waals surface area (Å²) in [6, 6.07) is 14.1. The number of imidazole rings is 1. The van der Waals surface area contributed by atoms with Gasteiger partial charge in [0.05, 0.1) is 23.3 Å². The number of furan rings is 1. The fourth-order valence-corrected chi connectivity index (χ4v) is 4.97. The van der Waals surface area contributed by atoms with E-state index in [2.05, 4.69) is 36.2 Å². The molecule has 0 amide bonds. The third kappa shape index (κ3) is 3.68. The Morgan fingerprint density at radius 2 is 2.03 bits per heavy atom. The zero-order valence-electron chi connectivity index (χ0n) is 19.0. The number of piperazine rings is 1. The van der Waals surface area contributed by atoms with E-state index in [9.17, 15) is 4.79 Å². The maximum atomic E-state index is 11.3. The van der Waals surface area contributed by atoms with Crippen LogP contribution in [0.1, 0.15) is 28.1 Å². The van der Waals surface area contributed by atoms with E-state index in [0.717, 1.165) is 15.8 Å². The van der Waals surface area contributed by atoms with Crippen LogP contribution in [0.15, 0.2) is 82.2 Å². The predicted octanol–water partition coefficient (Wildman–Crippen LogP) is 3.32. The zero-order valence-corrected chi connectivity index (χ0v) is 20.5. The molecule has 6 rings (SSSR count). The van der Waals surface area contributed by atoms with Gasteiger partial charge in [-0.2, -0.15) is 0 Å². The minimum atomic E-state index is -1.21. The SMILES string of the molecule is NC1(c2ccccn2)C(c2nccc(-c3cnc4ccc(Br)cn34)n2)NCCN1c1ccc(C=O)o1. The summed E-state index contributed by atoms with van der Waals surface area (Å²) in [7, 11) is 0. The van der Waals surface area contributed by atoms with E-state index in [1.54, 1.807) is 30.7 Å². The molecule has 0 bridgehead atoms. The molecule has 1 aliphatic rings. The van der Waals surface area contributed by atoms with Crippen LogP contribution in [0.3, 0.4) is 0 Å². The standard InChI is InChI=1S/C25H21BrN8O2/c26-16-4-6-21-31-13-19(33(21)14-16)18-8-10-30-24(32-18)23-25(27,20-3-1-2-9-28-20)34(12-11-29-23)22-7-5-17(15-35)36-22/h1-10,13-15,23,29H,11-12,27H2. The van der Waals surface area contributed by atoms with E-state index in [1.807, 2.05) is 51.9 Å². The van der Waals surface area contributed by atoms with Gasteiger partial charge in [0.1, 0.15) is 17.5 Å². The van der Waals surface area contributed by atoms with Crippen molar-refractivity contribution in [2.24, 2.45) is 5.73 Å². The highest BCUT2D eigenvalue weighted by Crippen LogP contribution is 2.40. The van der Waals surface area contributed by atoms with Gasteiger partial charge in [-0.05, 0) is 52.3 Å². The average molecular weight is 545 g/mol. The van der Waals surface area contributed by atoms with Gasteiger partial charge in [0.2, 0.25) is 0 Å². The highest BCUT2D eigenvalue weighted by Gasteiger charge is 2.49. The number of fused-ring (bicyclic) bond motifs is 1. The third-order valence-electron chi connectivity index (χ3n) is 6.30. The fourth-order valence-electron chi connectivity index (χ4n) is 4.63. The molecule has 11 heteroatoms. The Balaban J connectivity index is 1.48. The zero-order chi connectivity index (χ0) is 24.7. The number of aldehydes is 1. The molecule has 180 valence electrons. The van der Waals surface area contributed by atoms with Crippen molar-refractivity contribution in [3.63, 3.8) is 0 Å². The lowest BCUT2D eigenvalue weighted by molar-refractivity contribution is 0.109. The van der Waals surface area contributed by atoms with Gasteiger partial charge in [-0.1, -0.05) is 6.07 Å². The van der Waals surface area contributed by atoms with Crippen LogP contribution in [0.2, 0.25) is 0 Å².